The molecule has 0 spiro atoms. The van der Waals surface area contributed by atoms with Gasteiger partial charge in [0.15, 0.2) is 5.82 Å². The molecule has 0 atom stereocenters. The summed E-state index contributed by atoms with van der Waals surface area (Å²) in [4.78, 5) is 11.5. The summed E-state index contributed by atoms with van der Waals surface area (Å²) in [7, 11) is -3.64. The lowest BCUT2D eigenvalue weighted by atomic mass is 10.1. The predicted octanol–water partition coefficient (Wildman–Crippen LogP) is 3.41. The van der Waals surface area contributed by atoms with Crippen LogP contribution >= 0.6 is 0 Å². The molecule has 0 aliphatic carbocycles. The molecular formula is C22H23FN4O2S. The first kappa shape index (κ1) is 20.4. The van der Waals surface area contributed by atoms with E-state index in [1.165, 1.54) is 34.1 Å². The van der Waals surface area contributed by atoms with Gasteiger partial charge in [-0.25, -0.2) is 22.8 Å². The van der Waals surface area contributed by atoms with Crippen molar-refractivity contribution in [2.45, 2.75) is 18.7 Å². The van der Waals surface area contributed by atoms with E-state index in [0.717, 1.165) is 17.1 Å². The molecule has 0 saturated carbocycles. The summed E-state index contributed by atoms with van der Waals surface area (Å²) in [6.07, 6.45) is 0. The van der Waals surface area contributed by atoms with Gasteiger partial charge < -0.3 is 4.90 Å². The Morgan fingerprint density at radius 1 is 0.867 bits per heavy atom. The fourth-order valence-corrected chi connectivity index (χ4v) is 4.88. The van der Waals surface area contributed by atoms with E-state index < -0.39 is 15.8 Å². The quantitative estimate of drug-likeness (QED) is 0.640. The third-order valence-electron chi connectivity index (χ3n) is 5.16. The topological polar surface area (TPSA) is 66.4 Å². The average Bonchev–Trinajstić information content (AvgIpc) is 2.74. The van der Waals surface area contributed by atoms with E-state index in [1.54, 1.807) is 0 Å². The van der Waals surface area contributed by atoms with Crippen molar-refractivity contribution in [3.63, 3.8) is 0 Å². The van der Waals surface area contributed by atoms with Gasteiger partial charge in [0.25, 0.3) is 0 Å². The van der Waals surface area contributed by atoms with Gasteiger partial charge in [0.05, 0.1) is 4.90 Å². The molecule has 4 rings (SSSR count). The molecule has 0 N–H and O–H groups in total. The van der Waals surface area contributed by atoms with Crippen LogP contribution in [-0.2, 0) is 10.0 Å². The van der Waals surface area contributed by atoms with Gasteiger partial charge in [0.1, 0.15) is 11.6 Å². The molecule has 30 heavy (non-hydrogen) atoms. The maximum absolute atomic E-state index is 13.1. The van der Waals surface area contributed by atoms with Crippen molar-refractivity contribution in [3.05, 3.63) is 71.7 Å². The van der Waals surface area contributed by atoms with E-state index >= 15 is 0 Å². The van der Waals surface area contributed by atoms with Crippen molar-refractivity contribution < 1.29 is 12.8 Å². The van der Waals surface area contributed by atoms with E-state index in [0.29, 0.717) is 32.0 Å². The molecule has 1 fully saturated rings. The number of piperazine rings is 1. The molecule has 3 aromatic rings. The number of nitrogens with zero attached hydrogens (tertiary/aromatic N) is 4. The minimum Gasteiger partial charge on any atom is -0.354 e. The zero-order chi connectivity index (χ0) is 21.3. The smallest absolute Gasteiger partial charge is 0.243 e. The van der Waals surface area contributed by atoms with Crippen molar-refractivity contribution in [1.82, 2.24) is 14.3 Å². The number of rotatable bonds is 4. The first-order valence-electron chi connectivity index (χ1n) is 9.76. The van der Waals surface area contributed by atoms with E-state index in [2.05, 4.69) is 9.88 Å². The van der Waals surface area contributed by atoms with Crippen LogP contribution in [0.15, 0.2) is 59.5 Å². The molecule has 6 nitrogen and oxygen atoms in total. The maximum atomic E-state index is 13.1. The van der Waals surface area contributed by atoms with Gasteiger partial charge in [-0.05, 0) is 38.1 Å². The fraction of sp³-hybridized carbons (Fsp3) is 0.273. The number of halogens is 1. The summed E-state index contributed by atoms with van der Waals surface area (Å²) in [6.45, 7) is 5.67. The van der Waals surface area contributed by atoms with E-state index in [4.69, 9.17) is 4.98 Å². The summed E-state index contributed by atoms with van der Waals surface area (Å²) >= 11 is 0. The summed E-state index contributed by atoms with van der Waals surface area (Å²) in [5, 5.41) is 0. The Morgan fingerprint density at radius 2 is 1.50 bits per heavy atom. The van der Waals surface area contributed by atoms with Crippen LogP contribution in [0.25, 0.3) is 11.4 Å². The number of hydrogen-bond acceptors (Lipinski definition) is 5. The monoisotopic (exact) mass is 426 g/mol. The van der Waals surface area contributed by atoms with E-state index in [9.17, 15) is 12.8 Å². The van der Waals surface area contributed by atoms with Gasteiger partial charge in [0, 0.05) is 43.5 Å². The number of benzene rings is 2. The van der Waals surface area contributed by atoms with Crippen LogP contribution in [0.3, 0.4) is 0 Å². The number of aryl methyl sites for hydroxylation is 2. The number of hydrogen-bond donors (Lipinski definition) is 0. The van der Waals surface area contributed by atoms with Gasteiger partial charge in [0.2, 0.25) is 10.0 Å². The molecule has 0 amide bonds. The minimum atomic E-state index is -3.64. The summed E-state index contributed by atoms with van der Waals surface area (Å²) in [6, 6.07) is 14.9. The van der Waals surface area contributed by atoms with Gasteiger partial charge in [-0.2, -0.15) is 4.31 Å². The van der Waals surface area contributed by atoms with Crippen LogP contribution in [0.4, 0.5) is 10.2 Å². The molecule has 1 aliphatic heterocycles. The lowest BCUT2D eigenvalue weighted by Crippen LogP contribution is -2.49. The SMILES string of the molecule is Cc1ccc(-c2nc(C)cc(N3CCN(S(=O)(=O)c4ccc(F)cc4)CC3)n2)cc1. The van der Waals surface area contributed by atoms with Crippen LogP contribution in [0.5, 0.6) is 0 Å². The lowest BCUT2D eigenvalue weighted by Gasteiger charge is -2.34. The van der Waals surface area contributed by atoms with Gasteiger partial charge >= 0.3 is 0 Å². The molecule has 156 valence electrons. The summed E-state index contributed by atoms with van der Waals surface area (Å²) in [5.41, 5.74) is 2.98. The van der Waals surface area contributed by atoms with Gasteiger partial charge in [-0.15, -0.1) is 0 Å². The zero-order valence-corrected chi connectivity index (χ0v) is 17.7. The Hall–Kier alpha value is -2.84. The highest BCUT2D eigenvalue weighted by Crippen LogP contribution is 2.23. The normalized spacial score (nSPS) is 15.4. The molecule has 8 heteroatoms. The highest BCUT2D eigenvalue weighted by atomic mass is 32.2. The summed E-state index contributed by atoms with van der Waals surface area (Å²) < 4.78 is 40.2. The Bertz CT molecular complexity index is 1140. The first-order chi connectivity index (χ1) is 14.3. The molecule has 0 unspecified atom stereocenters. The second kappa shape index (κ2) is 8.12. The highest BCUT2D eigenvalue weighted by molar-refractivity contribution is 7.89. The van der Waals surface area contributed by atoms with Crippen molar-refractivity contribution in [2.75, 3.05) is 31.1 Å². The van der Waals surface area contributed by atoms with E-state index in [1.807, 2.05) is 44.2 Å². The maximum Gasteiger partial charge on any atom is 0.243 e. The second-order valence-electron chi connectivity index (χ2n) is 7.40. The Labute approximate surface area is 176 Å². The number of aromatic nitrogens is 2. The largest absolute Gasteiger partial charge is 0.354 e. The Balaban J connectivity index is 1.51. The molecule has 1 saturated heterocycles. The zero-order valence-electron chi connectivity index (χ0n) is 16.9. The number of sulfonamides is 1. The summed E-state index contributed by atoms with van der Waals surface area (Å²) in [5.74, 6) is 0.991. The van der Waals surface area contributed by atoms with Crippen LogP contribution < -0.4 is 4.90 Å². The predicted molar refractivity (Wildman–Crippen MR) is 114 cm³/mol. The van der Waals surface area contributed by atoms with E-state index in [-0.39, 0.29) is 4.90 Å². The standard InChI is InChI=1S/C22H23FN4O2S/c1-16-3-5-18(6-4-16)22-24-17(2)15-21(25-22)26-11-13-27(14-12-26)30(28,29)20-9-7-19(23)8-10-20/h3-10,15H,11-14H2,1-2H3. The first-order valence-corrected chi connectivity index (χ1v) is 11.2. The van der Waals surface area contributed by atoms with Crippen molar-refractivity contribution in [3.8, 4) is 11.4 Å². The number of anilines is 1. The van der Waals surface area contributed by atoms with Crippen LogP contribution in [0, 0.1) is 19.7 Å². The molecule has 2 heterocycles. The molecule has 0 bridgehead atoms. The van der Waals surface area contributed by atoms with Gasteiger partial charge in [-0.1, -0.05) is 29.8 Å². The van der Waals surface area contributed by atoms with Crippen molar-refractivity contribution in [2.24, 2.45) is 0 Å². The van der Waals surface area contributed by atoms with Crippen molar-refractivity contribution >= 4 is 15.8 Å². The molecule has 0 radical (unpaired) electrons. The van der Waals surface area contributed by atoms with Crippen LogP contribution in [0.1, 0.15) is 11.3 Å². The Morgan fingerprint density at radius 3 is 2.13 bits per heavy atom. The van der Waals surface area contributed by atoms with Crippen LogP contribution in [-0.4, -0.2) is 48.9 Å². The highest BCUT2D eigenvalue weighted by Gasteiger charge is 2.29. The van der Waals surface area contributed by atoms with Gasteiger partial charge in [-0.3, -0.25) is 0 Å². The Kier molecular flexibility index (Phi) is 5.53. The molecular weight excluding hydrogens is 403 g/mol. The molecule has 1 aromatic heterocycles. The third kappa shape index (κ3) is 4.20. The minimum absolute atomic E-state index is 0.108. The average molecular weight is 427 g/mol. The fourth-order valence-electron chi connectivity index (χ4n) is 3.46. The van der Waals surface area contributed by atoms with Crippen molar-refractivity contribution in [1.29, 1.82) is 0 Å². The third-order valence-corrected chi connectivity index (χ3v) is 7.08. The second-order valence-corrected chi connectivity index (χ2v) is 9.34. The molecule has 2 aromatic carbocycles. The molecule has 1 aliphatic rings. The lowest BCUT2D eigenvalue weighted by molar-refractivity contribution is 0.383. The van der Waals surface area contributed by atoms with Crippen LogP contribution in [0.2, 0.25) is 0 Å².